The maximum atomic E-state index is 4.30. The highest BCUT2D eigenvalue weighted by Crippen LogP contribution is 2.75. The lowest BCUT2D eigenvalue weighted by Gasteiger charge is -2.62. The van der Waals surface area contributed by atoms with E-state index in [2.05, 4.69) is 27.4 Å². The Balaban J connectivity index is 1.93. The maximum absolute atomic E-state index is 4.30. The molecule has 0 heterocycles. The van der Waals surface area contributed by atoms with Gasteiger partial charge in [0.25, 0.3) is 0 Å². The van der Waals surface area contributed by atoms with Crippen LogP contribution in [0, 0.1) is 35.0 Å². The monoisotopic (exact) mass is 190 g/mol. The topological polar surface area (TPSA) is 0 Å². The SMILES string of the molecule is C=C1C[C@H]2[C@H]3[C@@H]1[C@]2(C)CC[C@H]3C(C)C. The van der Waals surface area contributed by atoms with Gasteiger partial charge in [-0.3, -0.25) is 0 Å². The zero-order chi connectivity index (χ0) is 10.1. The summed E-state index contributed by atoms with van der Waals surface area (Å²) in [5.41, 5.74) is 2.28. The van der Waals surface area contributed by atoms with Crippen molar-refractivity contribution in [3.05, 3.63) is 12.2 Å². The van der Waals surface area contributed by atoms with E-state index in [0.29, 0.717) is 5.41 Å². The van der Waals surface area contributed by atoms with Crippen molar-refractivity contribution in [2.45, 2.75) is 40.0 Å². The lowest BCUT2D eigenvalue weighted by Crippen LogP contribution is -2.57. The molecule has 0 aliphatic heterocycles. The fraction of sp³-hybridized carbons (Fsp3) is 0.857. The molecule has 0 spiro atoms. The van der Waals surface area contributed by atoms with Crippen molar-refractivity contribution in [1.82, 2.24) is 0 Å². The third-order valence-electron chi connectivity index (χ3n) is 5.70. The first-order chi connectivity index (χ1) is 6.55. The lowest BCUT2D eigenvalue weighted by molar-refractivity contribution is -0.137. The van der Waals surface area contributed by atoms with Crippen molar-refractivity contribution in [2.75, 3.05) is 0 Å². The van der Waals surface area contributed by atoms with Gasteiger partial charge in [0.15, 0.2) is 0 Å². The van der Waals surface area contributed by atoms with Gasteiger partial charge in [-0.05, 0) is 54.3 Å². The van der Waals surface area contributed by atoms with Crippen LogP contribution in [0.4, 0.5) is 0 Å². The Kier molecular flexibility index (Phi) is 1.58. The standard InChI is InChI=1S/C14H22/c1-8(2)10-5-6-14(4)11-7-9(3)13(14)12(10)11/h8,10-13H,3,5-7H2,1-2,4H3/t10-,11-,12-,13+,14+/m0/s1. The number of allylic oxidation sites excluding steroid dienone is 1. The molecule has 0 nitrogen and oxygen atoms in total. The fourth-order valence-electron chi connectivity index (χ4n) is 5.08. The minimum atomic E-state index is 0.688. The smallest absolute Gasteiger partial charge is 0.0115 e. The molecule has 5 atom stereocenters. The quantitative estimate of drug-likeness (QED) is 0.550. The highest BCUT2D eigenvalue weighted by molar-refractivity contribution is 5.31. The van der Waals surface area contributed by atoms with Gasteiger partial charge in [0.05, 0.1) is 0 Å². The molecule has 14 heavy (non-hydrogen) atoms. The molecule has 4 aliphatic rings. The van der Waals surface area contributed by atoms with Crippen molar-refractivity contribution in [3.63, 3.8) is 0 Å². The molecule has 4 bridgehead atoms. The highest BCUT2D eigenvalue weighted by Gasteiger charge is 2.68. The summed E-state index contributed by atoms with van der Waals surface area (Å²) in [5, 5.41) is 0. The van der Waals surface area contributed by atoms with Crippen molar-refractivity contribution in [3.8, 4) is 0 Å². The molecule has 0 unspecified atom stereocenters. The summed E-state index contributed by atoms with van der Waals surface area (Å²) in [7, 11) is 0. The summed E-state index contributed by atoms with van der Waals surface area (Å²) in [4.78, 5) is 0. The largest absolute Gasteiger partial charge is 0.0995 e. The molecular formula is C14H22. The molecule has 4 rings (SSSR count). The van der Waals surface area contributed by atoms with Crippen molar-refractivity contribution in [2.24, 2.45) is 35.0 Å². The maximum Gasteiger partial charge on any atom is -0.0115 e. The average Bonchev–Trinajstić information content (AvgIpc) is 2.58. The average molecular weight is 190 g/mol. The first-order valence-electron chi connectivity index (χ1n) is 6.23. The predicted octanol–water partition coefficient (Wildman–Crippen LogP) is 3.88. The number of hydrogen-bond acceptors (Lipinski definition) is 0. The molecule has 4 fully saturated rings. The third-order valence-corrected chi connectivity index (χ3v) is 5.70. The van der Waals surface area contributed by atoms with E-state index in [9.17, 15) is 0 Å². The van der Waals surface area contributed by atoms with Crippen molar-refractivity contribution >= 4 is 0 Å². The van der Waals surface area contributed by atoms with Crippen LogP contribution in [-0.4, -0.2) is 0 Å². The van der Waals surface area contributed by atoms with Crippen LogP contribution in [0.1, 0.15) is 40.0 Å². The van der Waals surface area contributed by atoms with Gasteiger partial charge in [-0.1, -0.05) is 32.9 Å². The number of hydrogen-bond donors (Lipinski definition) is 0. The molecule has 0 heteroatoms. The van der Waals surface area contributed by atoms with Gasteiger partial charge in [0.1, 0.15) is 0 Å². The fourth-order valence-corrected chi connectivity index (χ4v) is 5.08. The van der Waals surface area contributed by atoms with E-state index in [-0.39, 0.29) is 0 Å². The van der Waals surface area contributed by atoms with Crippen LogP contribution < -0.4 is 0 Å². The molecule has 0 aromatic carbocycles. The third kappa shape index (κ3) is 0.777. The van der Waals surface area contributed by atoms with Crippen LogP contribution >= 0.6 is 0 Å². The molecule has 0 amide bonds. The summed E-state index contributed by atoms with van der Waals surface area (Å²) in [6.45, 7) is 11.6. The summed E-state index contributed by atoms with van der Waals surface area (Å²) in [5.74, 6) is 4.85. The Morgan fingerprint density at radius 1 is 1.43 bits per heavy atom. The summed E-state index contributed by atoms with van der Waals surface area (Å²) in [6.07, 6.45) is 4.31. The Labute approximate surface area is 87.8 Å². The Morgan fingerprint density at radius 2 is 2.14 bits per heavy atom. The highest BCUT2D eigenvalue weighted by atomic mass is 14.7. The second-order valence-corrected chi connectivity index (χ2v) is 6.48. The first kappa shape index (κ1) is 9.00. The van der Waals surface area contributed by atoms with Crippen LogP contribution in [0.3, 0.4) is 0 Å². The first-order valence-corrected chi connectivity index (χ1v) is 6.23. The summed E-state index contributed by atoms with van der Waals surface area (Å²) in [6, 6.07) is 0. The van der Waals surface area contributed by atoms with E-state index in [1.807, 2.05) is 0 Å². The normalized spacial score (nSPS) is 55.0. The molecule has 0 aromatic rings. The molecule has 0 N–H and O–H groups in total. The molecule has 0 saturated heterocycles. The van der Waals surface area contributed by atoms with E-state index in [0.717, 1.165) is 29.6 Å². The zero-order valence-corrected chi connectivity index (χ0v) is 9.72. The second-order valence-electron chi connectivity index (χ2n) is 6.48. The van der Waals surface area contributed by atoms with Gasteiger partial charge in [-0.25, -0.2) is 0 Å². The van der Waals surface area contributed by atoms with E-state index in [1.54, 1.807) is 5.57 Å². The Hall–Kier alpha value is -0.260. The van der Waals surface area contributed by atoms with Crippen LogP contribution in [0.15, 0.2) is 12.2 Å². The van der Waals surface area contributed by atoms with E-state index >= 15 is 0 Å². The Bertz CT molecular complexity index is 288. The van der Waals surface area contributed by atoms with E-state index in [4.69, 9.17) is 0 Å². The van der Waals surface area contributed by atoms with Crippen LogP contribution in [-0.2, 0) is 0 Å². The minimum absolute atomic E-state index is 0.688. The van der Waals surface area contributed by atoms with E-state index in [1.165, 1.54) is 19.3 Å². The summed E-state index contributed by atoms with van der Waals surface area (Å²) >= 11 is 0. The zero-order valence-electron chi connectivity index (χ0n) is 9.72. The molecule has 0 radical (unpaired) electrons. The van der Waals surface area contributed by atoms with Crippen molar-refractivity contribution in [1.29, 1.82) is 0 Å². The van der Waals surface area contributed by atoms with Crippen LogP contribution in [0.2, 0.25) is 0 Å². The second kappa shape index (κ2) is 2.46. The Morgan fingerprint density at radius 3 is 2.64 bits per heavy atom. The van der Waals surface area contributed by atoms with Crippen LogP contribution in [0.25, 0.3) is 0 Å². The van der Waals surface area contributed by atoms with Gasteiger partial charge in [0, 0.05) is 0 Å². The number of rotatable bonds is 1. The van der Waals surface area contributed by atoms with Crippen molar-refractivity contribution < 1.29 is 0 Å². The van der Waals surface area contributed by atoms with Gasteiger partial charge in [-0.2, -0.15) is 0 Å². The van der Waals surface area contributed by atoms with Gasteiger partial charge >= 0.3 is 0 Å². The molecule has 78 valence electrons. The number of fused-ring (bicyclic) bond motifs is 1. The molecular weight excluding hydrogens is 168 g/mol. The lowest BCUT2D eigenvalue weighted by atomic mass is 9.42. The molecule has 0 aromatic heterocycles. The minimum Gasteiger partial charge on any atom is -0.0995 e. The van der Waals surface area contributed by atoms with Crippen LogP contribution in [0.5, 0.6) is 0 Å². The molecule has 4 aliphatic carbocycles. The molecule has 4 saturated carbocycles. The van der Waals surface area contributed by atoms with E-state index < -0.39 is 0 Å². The van der Waals surface area contributed by atoms with Gasteiger partial charge < -0.3 is 0 Å². The predicted molar refractivity (Wildman–Crippen MR) is 59.9 cm³/mol. The van der Waals surface area contributed by atoms with Gasteiger partial charge in [-0.15, -0.1) is 0 Å². The summed E-state index contributed by atoms with van der Waals surface area (Å²) < 4.78 is 0. The van der Waals surface area contributed by atoms with Gasteiger partial charge in [0.2, 0.25) is 0 Å².